The third-order valence-corrected chi connectivity index (χ3v) is 5.08. The lowest BCUT2D eigenvalue weighted by Crippen LogP contribution is -2.46. The monoisotopic (exact) mass is 411 g/mol. The van der Waals surface area contributed by atoms with Gasteiger partial charge >= 0.3 is 0 Å². The minimum Gasteiger partial charge on any atom is -0.487 e. The predicted molar refractivity (Wildman–Crippen MR) is 106 cm³/mol. The predicted octanol–water partition coefficient (Wildman–Crippen LogP) is 3.53. The second-order valence-corrected chi connectivity index (χ2v) is 7.18. The summed E-state index contributed by atoms with van der Waals surface area (Å²) < 4.78 is 39.2. The molecule has 1 saturated heterocycles. The Morgan fingerprint density at radius 2 is 2.13 bits per heavy atom. The number of fused-ring (bicyclic) bond motifs is 1. The van der Waals surface area contributed by atoms with Gasteiger partial charge in [-0.3, -0.25) is 4.79 Å². The van der Waals surface area contributed by atoms with E-state index >= 15 is 0 Å². The first kappa shape index (κ1) is 19.9. The van der Waals surface area contributed by atoms with Crippen LogP contribution in [0.5, 0.6) is 5.75 Å². The first-order chi connectivity index (χ1) is 14.4. The molecule has 1 aliphatic heterocycles. The largest absolute Gasteiger partial charge is 0.487 e. The van der Waals surface area contributed by atoms with Crippen LogP contribution in [-0.4, -0.2) is 31.0 Å². The van der Waals surface area contributed by atoms with E-state index in [1.807, 2.05) is 30.3 Å². The lowest BCUT2D eigenvalue weighted by molar-refractivity contribution is -0.00247. The first-order valence-corrected chi connectivity index (χ1v) is 9.42. The van der Waals surface area contributed by atoms with Crippen LogP contribution < -0.4 is 15.4 Å². The molecule has 1 fully saturated rings. The van der Waals surface area contributed by atoms with Gasteiger partial charge in [0.15, 0.2) is 0 Å². The molecule has 2 N–H and O–H groups in total. The lowest BCUT2D eigenvalue weighted by atomic mass is 10.1. The molecule has 0 spiro atoms. The molecule has 154 valence electrons. The summed E-state index contributed by atoms with van der Waals surface area (Å²) in [6.07, 6.45) is 0. The number of alkyl halides is 2. The lowest BCUT2D eigenvalue weighted by Gasteiger charge is -2.19. The van der Waals surface area contributed by atoms with E-state index in [9.17, 15) is 18.8 Å². The van der Waals surface area contributed by atoms with Crippen LogP contribution in [0.3, 0.4) is 0 Å². The molecule has 1 unspecified atom stereocenters. The van der Waals surface area contributed by atoms with E-state index in [0.717, 1.165) is 5.56 Å². The van der Waals surface area contributed by atoms with Crippen LogP contribution in [0.2, 0.25) is 0 Å². The summed E-state index contributed by atoms with van der Waals surface area (Å²) in [4.78, 5) is 12.8. The molecule has 2 aromatic carbocycles. The molecule has 1 amide bonds. The van der Waals surface area contributed by atoms with Crippen molar-refractivity contribution in [1.82, 2.24) is 10.6 Å². The van der Waals surface area contributed by atoms with Crippen molar-refractivity contribution in [3.63, 3.8) is 0 Å². The SMILES string of the molecule is Cc1oc2cc(C#N)c(OCc3ccccc3)cc2c1C(=O)NC1CNCC1(F)F. The molecule has 6 nitrogen and oxygen atoms in total. The normalized spacial score (nSPS) is 17.6. The second-order valence-electron chi connectivity index (χ2n) is 7.18. The number of nitrogens with one attached hydrogen (secondary N) is 2. The first-order valence-electron chi connectivity index (χ1n) is 9.42. The Morgan fingerprint density at radius 3 is 2.80 bits per heavy atom. The molecular formula is C22H19F2N3O3. The Balaban J connectivity index is 1.66. The number of hydrogen-bond acceptors (Lipinski definition) is 5. The van der Waals surface area contributed by atoms with E-state index < -0.39 is 24.4 Å². The van der Waals surface area contributed by atoms with Crippen LogP contribution in [-0.2, 0) is 6.61 Å². The third-order valence-electron chi connectivity index (χ3n) is 5.08. The third kappa shape index (κ3) is 3.72. The standard InChI is InChI=1S/C22H19F2N3O3/c1-13-20(21(28)27-19-10-26-12-22(19,23)24)16-8-17(15(9-25)7-18(16)30-13)29-11-14-5-3-2-4-6-14/h2-8,19,26H,10-12H2,1H3,(H,27,28). The van der Waals surface area contributed by atoms with E-state index in [2.05, 4.69) is 16.7 Å². The van der Waals surface area contributed by atoms with Crippen molar-refractivity contribution in [1.29, 1.82) is 5.26 Å². The molecule has 1 aliphatic rings. The average Bonchev–Trinajstić information content (AvgIpc) is 3.23. The van der Waals surface area contributed by atoms with Crippen molar-refractivity contribution in [3.05, 3.63) is 64.9 Å². The van der Waals surface area contributed by atoms with Crippen LogP contribution in [0.25, 0.3) is 11.0 Å². The van der Waals surface area contributed by atoms with Gasteiger partial charge < -0.3 is 19.8 Å². The van der Waals surface area contributed by atoms with Crippen molar-refractivity contribution >= 4 is 16.9 Å². The maximum Gasteiger partial charge on any atom is 0.281 e. The topological polar surface area (TPSA) is 87.3 Å². The van der Waals surface area contributed by atoms with Crippen LogP contribution >= 0.6 is 0 Å². The molecule has 1 aromatic heterocycles. The number of furan rings is 1. The van der Waals surface area contributed by atoms with Gasteiger partial charge in [-0.15, -0.1) is 0 Å². The number of benzene rings is 2. The van der Waals surface area contributed by atoms with E-state index in [4.69, 9.17) is 9.15 Å². The van der Waals surface area contributed by atoms with Crippen LogP contribution in [0.1, 0.15) is 27.2 Å². The summed E-state index contributed by atoms with van der Waals surface area (Å²) in [6, 6.07) is 13.2. The number of nitriles is 1. The molecular weight excluding hydrogens is 392 g/mol. The summed E-state index contributed by atoms with van der Waals surface area (Å²) in [7, 11) is 0. The van der Waals surface area contributed by atoms with Gasteiger partial charge in [-0.25, -0.2) is 8.78 Å². The number of aryl methyl sites for hydroxylation is 1. The fraction of sp³-hybridized carbons (Fsp3) is 0.273. The maximum atomic E-state index is 13.9. The fourth-order valence-electron chi connectivity index (χ4n) is 3.51. The number of hydrogen-bond donors (Lipinski definition) is 2. The van der Waals surface area contributed by atoms with Crippen LogP contribution in [0.4, 0.5) is 8.78 Å². The number of carbonyl (C=O) groups excluding carboxylic acids is 1. The smallest absolute Gasteiger partial charge is 0.281 e. The molecule has 8 heteroatoms. The molecule has 2 heterocycles. The van der Waals surface area contributed by atoms with Gasteiger partial charge in [-0.2, -0.15) is 5.26 Å². The molecule has 4 rings (SSSR count). The highest BCUT2D eigenvalue weighted by atomic mass is 19.3. The summed E-state index contributed by atoms with van der Waals surface area (Å²) in [5, 5.41) is 14.8. The number of amides is 1. The van der Waals surface area contributed by atoms with Crippen molar-refractivity contribution in [2.75, 3.05) is 13.1 Å². The van der Waals surface area contributed by atoms with Gasteiger partial charge in [0.25, 0.3) is 11.8 Å². The van der Waals surface area contributed by atoms with Crippen LogP contribution in [0, 0.1) is 18.3 Å². The number of rotatable bonds is 5. The fourth-order valence-corrected chi connectivity index (χ4v) is 3.51. The Hall–Kier alpha value is -3.44. The van der Waals surface area contributed by atoms with Gasteiger partial charge in [0.2, 0.25) is 0 Å². The van der Waals surface area contributed by atoms with E-state index in [1.165, 1.54) is 6.07 Å². The zero-order valence-corrected chi connectivity index (χ0v) is 16.2. The summed E-state index contributed by atoms with van der Waals surface area (Å²) in [6.45, 7) is 1.32. The minimum absolute atomic E-state index is 0.0163. The highest BCUT2D eigenvalue weighted by molar-refractivity contribution is 6.08. The van der Waals surface area contributed by atoms with E-state index in [-0.39, 0.29) is 35.8 Å². The highest BCUT2D eigenvalue weighted by Gasteiger charge is 2.45. The Kier molecular flexibility index (Phi) is 5.14. The number of carbonyl (C=O) groups is 1. The minimum atomic E-state index is -3.03. The highest BCUT2D eigenvalue weighted by Crippen LogP contribution is 2.33. The number of ether oxygens (including phenoxy) is 1. The summed E-state index contributed by atoms with van der Waals surface area (Å²) >= 11 is 0. The average molecular weight is 411 g/mol. The second kappa shape index (κ2) is 7.76. The molecule has 3 aromatic rings. The van der Waals surface area contributed by atoms with Crippen LogP contribution in [0.15, 0.2) is 46.9 Å². The van der Waals surface area contributed by atoms with E-state index in [0.29, 0.717) is 11.0 Å². The number of halogens is 2. The van der Waals surface area contributed by atoms with Gasteiger partial charge in [0.1, 0.15) is 35.8 Å². The summed E-state index contributed by atoms with van der Waals surface area (Å²) in [5.41, 5.74) is 1.64. The van der Waals surface area contributed by atoms with Gasteiger partial charge in [-0.1, -0.05) is 30.3 Å². The van der Waals surface area contributed by atoms with Crippen molar-refractivity contribution in [3.8, 4) is 11.8 Å². The molecule has 0 aliphatic carbocycles. The molecule has 30 heavy (non-hydrogen) atoms. The zero-order valence-electron chi connectivity index (χ0n) is 16.2. The molecule has 0 saturated carbocycles. The van der Waals surface area contributed by atoms with Gasteiger partial charge in [0.05, 0.1) is 17.7 Å². The Labute approximate surface area is 171 Å². The molecule has 1 atom stereocenters. The maximum absolute atomic E-state index is 13.9. The van der Waals surface area contributed by atoms with Crippen molar-refractivity contribution in [2.24, 2.45) is 0 Å². The number of nitrogens with zero attached hydrogens (tertiary/aromatic N) is 1. The summed E-state index contributed by atoms with van der Waals surface area (Å²) in [5.74, 6) is -3.11. The van der Waals surface area contributed by atoms with E-state index in [1.54, 1.807) is 13.0 Å². The Bertz CT molecular complexity index is 1140. The van der Waals surface area contributed by atoms with Gasteiger partial charge in [-0.05, 0) is 18.6 Å². The zero-order chi connectivity index (χ0) is 21.3. The Morgan fingerprint density at radius 1 is 1.37 bits per heavy atom. The quantitative estimate of drug-likeness (QED) is 0.671. The van der Waals surface area contributed by atoms with Crippen molar-refractivity contribution in [2.45, 2.75) is 25.5 Å². The molecule has 0 bridgehead atoms. The molecule has 0 radical (unpaired) electrons. The van der Waals surface area contributed by atoms with Crippen molar-refractivity contribution < 1.29 is 22.7 Å². The van der Waals surface area contributed by atoms with Gasteiger partial charge in [0, 0.05) is 18.0 Å².